The first-order chi connectivity index (χ1) is 8.22. The summed E-state index contributed by atoms with van der Waals surface area (Å²) in [6.45, 7) is 2.59. The predicted molar refractivity (Wildman–Crippen MR) is 64.8 cm³/mol. The zero-order valence-corrected chi connectivity index (χ0v) is 10.2. The fourth-order valence-corrected chi connectivity index (χ4v) is 3.56. The lowest BCUT2D eigenvalue weighted by molar-refractivity contribution is -0.0187. The minimum atomic E-state index is -0.650. The van der Waals surface area contributed by atoms with E-state index >= 15 is 0 Å². The van der Waals surface area contributed by atoms with Gasteiger partial charge in [-0.1, -0.05) is 0 Å². The van der Waals surface area contributed by atoms with Crippen LogP contribution in [0, 0.1) is 11.8 Å². The molecule has 1 heterocycles. The van der Waals surface area contributed by atoms with Crippen LogP contribution in [0.2, 0.25) is 0 Å². The Labute approximate surface area is 102 Å². The summed E-state index contributed by atoms with van der Waals surface area (Å²) < 4.78 is 5.46. The molecule has 17 heavy (non-hydrogen) atoms. The van der Waals surface area contributed by atoms with Crippen LogP contribution in [0.1, 0.15) is 38.2 Å². The number of aliphatic hydroxyl groups is 1. The van der Waals surface area contributed by atoms with E-state index in [-0.39, 0.29) is 0 Å². The molecule has 0 amide bonds. The van der Waals surface area contributed by atoms with E-state index < -0.39 is 5.60 Å². The lowest BCUT2D eigenvalue weighted by Gasteiger charge is -2.32. The summed E-state index contributed by atoms with van der Waals surface area (Å²) >= 11 is 0. The maximum atomic E-state index is 10.8. The second-order valence-electron chi connectivity index (χ2n) is 5.35. The normalized spacial score (nSPS) is 35.2. The van der Waals surface area contributed by atoms with Crippen LogP contribution < -0.4 is 4.74 Å². The van der Waals surface area contributed by atoms with Crippen LogP contribution in [0.25, 0.3) is 0 Å². The molecule has 0 spiro atoms. The topological polar surface area (TPSA) is 42.4 Å². The van der Waals surface area contributed by atoms with Gasteiger partial charge in [-0.15, -0.1) is 0 Å². The van der Waals surface area contributed by atoms with E-state index in [2.05, 4.69) is 4.98 Å². The molecule has 0 radical (unpaired) electrons. The van der Waals surface area contributed by atoms with Crippen LogP contribution >= 0.6 is 0 Å². The third-order valence-electron chi connectivity index (χ3n) is 4.34. The lowest BCUT2D eigenvalue weighted by atomic mass is 9.79. The van der Waals surface area contributed by atoms with Gasteiger partial charge < -0.3 is 9.84 Å². The smallest absolute Gasteiger partial charge is 0.137 e. The van der Waals surface area contributed by atoms with E-state index in [9.17, 15) is 5.11 Å². The molecule has 3 heteroatoms. The van der Waals surface area contributed by atoms with Crippen LogP contribution in [-0.4, -0.2) is 16.7 Å². The summed E-state index contributed by atoms with van der Waals surface area (Å²) in [7, 11) is 0. The fourth-order valence-electron chi connectivity index (χ4n) is 3.56. The molecule has 1 aromatic heterocycles. The molecular formula is C14H19NO2. The van der Waals surface area contributed by atoms with E-state index in [1.807, 2.05) is 13.0 Å². The van der Waals surface area contributed by atoms with Crippen molar-refractivity contribution in [3.05, 3.63) is 24.0 Å². The first-order valence-electron chi connectivity index (χ1n) is 6.53. The summed E-state index contributed by atoms with van der Waals surface area (Å²) in [6.07, 6.45) is 8.02. The Bertz CT molecular complexity index is 420. The average molecular weight is 233 g/mol. The van der Waals surface area contributed by atoms with Crippen LogP contribution in [-0.2, 0) is 5.60 Å². The van der Waals surface area contributed by atoms with Crippen LogP contribution in [0.4, 0.5) is 0 Å². The molecule has 2 fully saturated rings. The number of hydrogen-bond acceptors (Lipinski definition) is 3. The molecule has 2 saturated carbocycles. The predicted octanol–water partition coefficient (Wildman–Crippen LogP) is 2.49. The minimum Gasteiger partial charge on any atom is -0.492 e. The standard InChI is InChI=1S/C14H19NO2/c1-2-17-13-6-12(8-15-9-13)14(16)7-10-3-4-11(14)5-10/h6,8-11,16H,2-5,7H2,1H3. The van der Waals surface area contributed by atoms with Gasteiger partial charge in [0.05, 0.1) is 18.4 Å². The van der Waals surface area contributed by atoms with E-state index in [0.29, 0.717) is 18.4 Å². The molecule has 3 rings (SSSR count). The van der Waals surface area contributed by atoms with Crippen molar-refractivity contribution in [3.8, 4) is 5.75 Å². The average Bonchev–Trinajstić information content (AvgIpc) is 2.90. The van der Waals surface area contributed by atoms with Gasteiger partial charge in [-0.05, 0) is 50.5 Å². The van der Waals surface area contributed by atoms with Crippen LogP contribution in [0.5, 0.6) is 5.75 Å². The number of nitrogens with zero attached hydrogens (tertiary/aromatic N) is 1. The highest BCUT2D eigenvalue weighted by molar-refractivity contribution is 5.30. The van der Waals surface area contributed by atoms with Crippen molar-refractivity contribution in [2.45, 2.75) is 38.2 Å². The van der Waals surface area contributed by atoms with E-state index in [0.717, 1.165) is 24.2 Å². The fraction of sp³-hybridized carbons (Fsp3) is 0.643. The monoisotopic (exact) mass is 233 g/mol. The Morgan fingerprint density at radius 1 is 1.47 bits per heavy atom. The van der Waals surface area contributed by atoms with E-state index in [4.69, 9.17) is 4.74 Å². The third kappa shape index (κ3) is 1.73. The second-order valence-corrected chi connectivity index (χ2v) is 5.35. The number of pyridine rings is 1. The molecule has 2 aliphatic rings. The Morgan fingerprint density at radius 2 is 2.35 bits per heavy atom. The zero-order valence-electron chi connectivity index (χ0n) is 10.2. The van der Waals surface area contributed by atoms with Gasteiger partial charge in [0.15, 0.2) is 0 Å². The maximum absolute atomic E-state index is 10.8. The van der Waals surface area contributed by atoms with Gasteiger partial charge in [0.25, 0.3) is 0 Å². The Hall–Kier alpha value is -1.09. The largest absolute Gasteiger partial charge is 0.492 e. The van der Waals surface area contributed by atoms with Gasteiger partial charge in [-0.2, -0.15) is 0 Å². The van der Waals surface area contributed by atoms with E-state index in [1.165, 1.54) is 12.8 Å². The summed E-state index contributed by atoms with van der Waals surface area (Å²) in [5.41, 5.74) is 0.291. The Morgan fingerprint density at radius 3 is 3.00 bits per heavy atom. The van der Waals surface area contributed by atoms with Crippen molar-refractivity contribution in [2.24, 2.45) is 11.8 Å². The molecule has 0 aliphatic heterocycles. The zero-order chi connectivity index (χ0) is 11.9. The van der Waals surface area contributed by atoms with Crippen molar-refractivity contribution >= 4 is 0 Å². The van der Waals surface area contributed by atoms with Crippen LogP contribution in [0.15, 0.2) is 18.5 Å². The van der Waals surface area contributed by atoms with Crippen LogP contribution in [0.3, 0.4) is 0 Å². The van der Waals surface area contributed by atoms with Crippen molar-refractivity contribution in [2.75, 3.05) is 6.61 Å². The van der Waals surface area contributed by atoms with Gasteiger partial charge in [-0.3, -0.25) is 4.98 Å². The number of ether oxygens (including phenoxy) is 1. The van der Waals surface area contributed by atoms with E-state index in [1.54, 1.807) is 12.4 Å². The van der Waals surface area contributed by atoms with Crippen molar-refractivity contribution in [3.63, 3.8) is 0 Å². The van der Waals surface area contributed by atoms with Gasteiger partial charge in [0.1, 0.15) is 5.75 Å². The molecule has 3 atom stereocenters. The molecule has 2 bridgehead atoms. The summed E-state index contributed by atoms with van der Waals surface area (Å²) in [5.74, 6) is 1.90. The molecule has 1 N–H and O–H groups in total. The molecular weight excluding hydrogens is 214 g/mol. The molecule has 0 saturated heterocycles. The number of fused-ring (bicyclic) bond motifs is 2. The number of hydrogen-bond donors (Lipinski definition) is 1. The molecule has 0 aromatic carbocycles. The molecule has 3 nitrogen and oxygen atoms in total. The summed E-state index contributed by atoms with van der Waals surface area (Å²) in [5, 5.41) is 10.8. The number of aromatic nitrogens is 1. The Balaban J connectivity index is 1.90. The quantitative estimate of drug-likeness (QED) is 0.872. The number of rotatable bonds is 3. The SMILES string of the molecule is CCOc1cncc(C2(O)CC3CCC2C3)c1. The van der Waals surface area contributed by atoms with Gasteiger partial charge in [0, 0.05) is 11.8 Å². The summed E-state index contributed by atoms with van der Waals surface area (Å²) in [4.78, 5) is 4.19. The van der Waals surface area contributed by atoms with Gasteiger partial charge in [0.2, 0.25) is 0 Å². The first-order valence-corrected chi connectivity index (χ1v) is 6.53. The van der Waals surface area contributed by atoms with Gasteiger partial charge >= 0.3 is 0 Å². The molecule has 2 aliphatic carbocycles. The lowest BCUT2D eigenvalue weighted by Crippen LogP contribution is -2.32. The summed E-state index contributed by atoms with van der Waals surface area (Å²) in [6, 6.07) is 1.96. The van der Waals surface area contributed by atoms with Crippen molar-refractivity contribution < 1.29 is 9.84 Å². The highest BCUT2D eigenvalue weighted by atomic mass is 16.5. The maximum Gasteiger partial charge on any atom is 0.137 e. The first kappa shape index (κ1) is 11.0. The third-order valence-corrected chi connectivity index (χ3v) is 4.34. The minimum absolute atomic E-state index is 0.422. The highest BCUT2D eigenvalue weighted by Crippen LogP contribution is 2.55. The van der Waals surface area contributed by atoms with Crippen molar-refractivity contribution in [1.29, 1.82) is 0 Å². The van der Waals surface area contributed by atoms with Crippen molar-refractivity contribution in [1.82, 2.24) is 4.98 Å². The molecule has 3 unspecified atom stereocenters. The Kier molecular flexibility index (Phi) is 2.58. The van der Waals surface area contributed by atoms with Gasteiger partial charge in [-0.25, -0.2) is 0 Å². The second kappa shape index (κ2) is 3.98. The highest BCUT2D eigenvalue weighted by Gasteiger charge is 2.51. The molecule has 1 aromatic rings. The molecule has 92 valence electrons.